The van der Waals surface area contributed by atoms with Gasteiger partial charge in [-0.05, 0) is 12.3 Å². The van der Waals surface area contributed by atoms with Gasteiger partial charge in [0.15, 0.2) is 0 Å². The lowest BCUT2D eigenvalue weighted by Gasteiger charge is -2.05. The number of nitrogens with two attached hydrogens (primary N) is 1. The summed E-state index contributed by atoms with van der Waals surface area (Å²) in [5.41, 5.74) is 5.80. The van der Waals surface area contributed by atoms with Gasteiger partial charge in [0.1, 0.15) is 0 Å². The summed E-state index contributed by atoms with van der Waals surface area (Å²) < 4.78 is 0. The number of allylic oxidation sites excluding steroid dienone is 1. The molecule has 0 aliphatic heterocycles. The highest BCUT2D eigenvalue weighted by Crippen LogP contribution is 2.03. The molecular weight excluding hydrogens is 145 g/mol. The van der Waals surface area contributed by atoms with E-state index in [4.69, 9.17) is 5.73 Å². The Morgan fingerprint density at radius 2 is 1.83 bits per heavy atom. The van der Waals surface area contributed by atoms with Crippen molar-refractivity contribution in [2.45, 2.75) is 46.1 Å². The highest BCUT2D eigenvalue weighted by Gasteiger charge is 1.95. The van der Waals surface area contributed by atoms with Crippen LogP contribution in [-0.4, -0.2) is 14.5 Å². The molecule has 0 aliphatic carbocycles. The van der Waals surface area contributed by atoms with Crippen molar-refractivity contribution in [3.05, 3.63) is 12.2 Å². The van der Waals surface area contributed by atoms with Crippen LogP contribution in [0.25, 0.3) is 0 Å². The van der Waals surface area contributed by atoms with Gasteiger partial charge in [-0.15, -0.1) is 0 Å². The maximum Gasteiger partial charge on any atom is 0.0223 e. The minimum absolute atomic E-state index is 0. The van der Waals surface area contributed by atoms with E-state index in [-0.39, 0.29) is 14.5 Å². The Morgan fingerprint density at radius 3 is 2.25 bits per heavy atom. The summed E-state index contributed by atoms with van der Waals surface area (Å²) in [6.07, 6.45) is 7.84. The minimum atomic E-state index is 0. The van der Waals surface area contributed by atoms with Gasteiger partial charge >= 0.3 is 0 Å². The third-order valence-electron chi connectivity index (χ3n) is 1.95. The predicted molar refractivity (Wildman–Crippen MR) is 57.2 cm³/mol. The van der Waals surface area contributed by atoms with Crippen LogP contribution in [0.2, 0.25) is 0 Å². The summed E-state index contributed by atoms with van der Waals surface area (Å²) in [5.74, 6) is 0.679. The van der Waals surface area contributed by atoms with E-state index in [0.29, 0.717) is 5.92 Å². The lowest BCUT2D eigenvalue weighted by molar-refractivity contribution is 0.668. The fourth-order valence-electron chi connectivity index (χ4n) is 0.898. The molecule has 3 radical (unpaired) electrons. The van der Waals surface area contributed by atoms with Gasteiger partial charge < -0.3 is 5.73 Å². The van der Waals surface area contributed by atoms with Crippen LogP contribution in [-0.2, 0) is 0 Å². The van der Waals surface area contributed by atoms with E-state index < -0.39 is 0 Å². The van der Waals surface area contributed by atoms with Crippen molar-refractivity contribution in [3.63, 3.8) is 0 Å². The normalized spacial score (nSPS) is 15.7. The van der Waals surface area contributed by atoms with E-state index in [1.54, 1.807) is 0 Å². The monoisotopic (exact) mass is 166 g/mol. The fraction of sp³-hybridized carbons (Fsp3) is 0.800. The summed E-state index contributed by atoms with van der Waals surface area (Å²) in [4.78, 5) is 0. The van der Waals surface area contributed by atoms with Gasteiger partial charge in [-0.2, -0.15) is 0 Å². The first-order valence-corrected chi connectivity index (χ1v) is 4.64. The molecule has 69 valence electrons. The third kappa shape index (κ3) is 7.87. The molecule has 0 aromatic rings. The molecule has 0 heterocycles. The quantitative estimate of drug-likeness (QED) is 0.492. The maximum atomic E-state index is 5.80. The highest BCUT2D eigenvalue weighted by atomic mass is 14.6. The first-order valence-electron chi connectivity index (χ1n) is 4.64. The number of hydrogen-bond acceptors (Lipinski definition) is 1. The summed E-state index contributed by atoms with van der Waals surface area (Å²) in [7, 11) is 0. The van der Waals surface area contributed by atoms with Gasteiger partial charge in [-0.25, -0.2) is 0 Å². The summed E-state index contributed by atoms with van der Waals surface area (Å²) >= 11 is 0. The third-order valence-corrected chi connectivity index (χ3v) is 1.95. The first kappa shape index (κ1) is 14.3. The second-order valence-corrected chi connectivity index (χ2v) is 3.22. The molecule has 0 amide bonds. The van der Waals surface area contributed by atoms with Gasteiger partial charge in [0.05, 0.1) is 0 Å². The molecule has 0 aromatic carbocycles. The zero-order valence-electron chi connectivity index (χ0n) is 8.59. The van der Waals surface area contributed by atoms with E-state index in [9.17, 15) is 0 Å². The zero-order valence-corrected chi connectivity index (χ0v) is 8.59. The average molecular weight is 166 g/mol. The van der Waals surface area contributed by atoms with Crippen LogP contribution >= 0.6 is 0 Å². The van der Waals surface area contributed by atoms with Crippen molar-refractivity contribution >= 4 is 8.41 Å². The van der Waals surface area contributed by atoms with Crippen LogP contribution in [0.5, 0.6) is 0 Å². The Labute approximate surface area is 79.0 Å². The molecule has 1 unspecified atom stereocenters. The smallest absolute Gasteiger partial charge is 0.0223 e. The molecule has 2 heteroatoms. The van der Waals surface area contributed by atoms with Gasteiger partial charge in [-0.3, -0.25) is 0 Å². The van der Waals surface area contributed by atoms with E-state index in [0.717, 1.165) is 6.42 Å². The first-order chi connectivity index (χ1) is 5.20. The van der Waals surface area contributed by atoms with Crippen LogP contribution in [0.3, 0.4) is 0 Å². The molecule has 0 saturated carbocycles. The van der Waals surface area contributed by atoms with Crippen LogP contribution in [0.15, 0.2) is 12.2 Å². The summed E-state index contributed by atoms with van der Waals surface area (Å²) in [6.45, 7) is 6.58. The molecular formula is C10H21BN. The topological polar surface area (TPSA) is 26.0 Å². The lowest BCUT2D eigenvalue weighted by atomic mass is 10.1. The molecule has 1 nitrogen and oxygen atoms in total. The molecule has 0 aliphatic rings. The van der Waals surface area contributed by atoms with E-state index in [1.807, 2.05) is 0 Å². The van der Waals surface area contributed by atoms with Crippen LogP contribution in [0.1, 0.15) is 40.0 Å². The van der Waals surface area contributed by atoms with Crippen molar-refractivity contribution in [2.24, 2.45) is 11.7 Å². The molecule has 0 aromatic heterocycles. The Hall–Kier alpha value is -0.235. The maximum absolute atomic E-state index is 5.80. The summed E-state index contributed by atoms with van der Waals surface area (Å²) in [6, 6.07) is 0.272. The molecule has 0 rings (SSSR count). The molecule has 2 N–H and O–H groups in total. The van der Waals surface area contributed by atoms with E-state index in [2.05, 4.69) is 32.9 Å². The predicted octanol–water partition coefficient (Wildman–Crippen LogP) is 2.34. The van der Waals surface area contributed by atoms with Gasteiger partial charge in [0, 0.05) is 14.5 Å². The number of hydrogen-bond donors (Lipinski definition) is 1. The Bertz CT molecular complexity index is 112. The van der Waals surface area contributed by atoms with Gasteiger partial charge in [0.25, 0.3) is 0 Å². The lowest BCUT2D eigenvalue weighted by Crippen LogP contribution is -2.16. The highest BCUT2D eigenvalue weighted by molar-refractivity contribution is 5.75. The molecule has 0 spiro atoms. The minimum Gasteiger partial charge on any atom is -0.324 e. The molecule has 0 fully saturated rings. The molecule has 0 bridgehead atoms. The van der Waals surface area contributed by atoms with E-state index >= 15 is 0 Å². The Kier molecular flexibility index (Phi) is 10.6. The molecule has 12 heavy (non-hydrogen) atoms. The van der Waals surface area contributed by atoms with Crippen LogP contribution in [0, 0.1) is 5.92 Å². The molecule has 0 saturated heterocycles. The Morgan fingerprint density at radius 1 is 1.25 bits per heavy atom. The van der Waals surface area contributed by atoms with Crippen molar-refractivity contribution < 1.29 is 0 Å². The standard InChI is InChI=1S/C10H21N.B/c1-4-6-10(11)8-7-9(3)5-2;/h7-10H,4-6,11H2,1-3H3;/t9?,10-;/m1./s1. The fourth-order valence-corrected chi connectivity index (χ4v) is 0.898. The average Bonchev–Trinajstić information content (AvgIpc) is 2.01. The Balaban J connectivity index is 0. The van der Waals surface area contributed by atoms with Crippen molar-refractivity contribution in [1.29, 1.82) is 0 Å². The van der Waals surface area contributed by atoms with Crippen molar-refractivity contribution in [1.82, 2.24) is 0 Å². The van der Waals surface area contributed by atoms with Gasteiger partial charge in [-0.1, -0.05) is 45.8 Å². The zero-order chi connectivity index (χ0) is 8.69. The van der Waals surface area contributed by atoms with Crippen molar-refractivity contribution in [3.8, 4) is 0 Å². The second-order valence-electron chi connectivity index (χ2n) is 3.22. The second kappa shape index (κ2) is 8.86. The molecule has 2 atom stereocenters. The van der Waals surface area contributed by atoms with E-state index in [1.165, 1.54) is 12.8 Å². The summed E-state index contributed by atoms with van der Waals surface area (Å²) in [5, 5.41) is 0. The van der Waals surface area contributed by atoms with Crippen LogP contribution in [0.4, 0.5) is 0 Å². The number of rotatable bonds is 5. The SMILES string of the molecule is CCC[C@@H](N)C=CC(C)CC.[B]. The van der Waals surface area contributed by atoms with Crippen molar-refractivity contribution in [2.75, 3.05) is 0 Å². The van der Waals surface area contributed by atoms with Crippen LogP contribution < -0.4 is 5.73 Å². The van der Waals surface area contributed by atoms with Gasteiger partial charge in [0.2, 0.25) is 0 Å². The largest absolute Gasteiger partial charge is 0.324 e.